The number of nitrogens with zero attached hydrogens (tertiary/aromatic N) is 3. The van der Waals surface area contributed by atoms with E-state index in [4.69, 9.17) is 0 Å². The van der Waals surface area contributed by atoms with Gasteiger partial charge >= 0.3 is 0 Å². The topological polar surface area (TPSA) is 59.3 Å². The molecule has 15 heavy (non-hydrogen) atoms. The normalized spacial score (nSPS) is 10.8. The van der Waals surface area contributed by atoms with Crippen LogP contribution in [-0.2, 0) is 0 Å². The second-order valence-corrected chi connectivity index (χ2v) is 4.22. The molecule has 5 nitrogen and oxygen atoms in total. The molecule has 2 aromatic heterocycles. The first-order valence-corrected chi connectivity index (χ1v) is 5.63. The Balaban J connectivity index is 2.46. The van der Waals surface area contributed by atoms with Crippen molar-refractivity contribution in [2.75, 3.05) is 11.9 Å². The molecular formula is C9H12N4OS. The smallest absolute Gasteiger partial charge is 0.274 e. The third kappa shape index (κ3) is 1.99. The quantitative estimate of drug-likeness (QED) is 0.853. The van der Waals surface area contributed by atoms with E-state index in [0.717, 1.165) is 23.8 Å². The lowest BCUT2D eigenvalue weighted by Crippen LogP contribution is -2.09. The molecule has 0 aromatic carbocycles. The van der Waals surface area contributed by atoms with Gasteiger partial charge in [0, 0.05) is 18.3 Å². The van der Waals surface area contributed by atoms with Crippen molar-refractivity contribution in [3.63, 3.8) is 0 Å². The van der Waals surface area contributed by atoms with Crippen molar-refractivity contribution in [1.82, 2.24) is 14.6 Å². The lowest BCUT2D eigenvalue weighted by atomic mass is 10.5. The summed E-state index contributed by atoms with van der Waals surface area (Å²) < 4.78 is 1.68. The standard InChI is InChI=1S/C9H12N4OS/c1-3-4-10-8-12-13-6(2)5-7(14)11-9(13)15-8/h5H,3-4H2,1-2H3,(H,10,12). The first kappa shape index (κ1) is 10.1. The van der Waals surface area contributed by atoms with Gasteiger partial charge in [-0.3, -0.25) is 4.79 Å². The zero-order valence-electron chi connectivity index (χ0n) is 8.65. The van der Waals surface area contributed by atoms with Crippen LogP contribution < -0.4 is 10.9 Å². The Bertz CT molecular complexity index is 530. The molecule has 0 aliphatic carbocycles. The van der Waals surface area contributed by atoms with E-state index in [-0.39, 0.29) is 5.56 Å². The number of hydrogen-bond donors (Lipinski definition) is 1. The van der Waals surface area contributed by atoms with Crippen molar-refractivity contribution in [1.29, 1.82) is 0 Å². The summed E-state index contributed by atoms with van der Waals surface area (Å²) in [4.78, 5) is 15.7. The van der Waals surface area contributed by atoms with E-state index in [1.807, 2.05) is 6.92 Å². The maximum absolute atomic E-state index is 11.2. The summed E-state index contributed by atoms with van der Waals surface area (Å²) in [6.45, 7) is 4.82. The highest BCUT2D eigenvalue weighted by molar-refractivity contribution is 7.20. The summed E-state index contributed by atoms with van der Waals surface area (Å²) in [5.74, 6) is 0. The highest BCUT2D eigenvalue weighted by Crippen LogP contribution is 2.17. The van der Waals surface area contributed by atoms with Crippen molar-refractivity contribution in [2.45, 2.75) is 20.3 Å². The molecule has 0 spiro atoms. The van der Waals surface area contributed by atoms with Gasteiger partial charge in [-0.25, -0.2) is 4.52 Å². The van der Waals surface area contributed by atoms with Gasteiger partial charge in [0.25, 0.3) is 5.56 Å². The van der Waals surface area contributed by atoms with Crippen LogP contribution in [0.5, 0.6) is 0 Å². The summed E-state index contributed by atoms with van der Waals surface area (Å²) in [5.41, 5.74) is 0.601. The second-order valence-electron chi connectivity index (χ2n) is 3.26. The van der Waals surface area contributed by atoms with Crippen LogP contribution in [0.15, 0.2) is 10.9 Å². The maximum Gasteiger partial charge on any atom is 0.274 e. The van der Waals surface area contributed by atoms with E-state index >= 15 is 0 Å². The number of rotatable bonds is 3. The van der Waals surface area contributed by atoms with E-state index < -0.39 is 0 Å². The van der Waals surface area contributed by atoms with Gasteiger partial charge in [0.1, 0.15) is 0 Å². The van der Waals surface area contributed by atoms with E-state index in [1.54, 1.807) is 4.52 Å². The summed E-state index contributed by atoms with van der Waals surface area (Å²) in [6, 6.07) is 1.48. The van der Waals surface area contributed by atoms with Crippen molar-refractivity contribution in [3.8, 4) is 0 Å². The van der Waals surface area contributed by atoms with Crippen LogP contribution in [0.2, 0.25) is 0 Å². The molecule has 0 atom stereocenters. The van der Waals surface area contributed by atoms with Crippen LogP contribution >= 0.6 is 11.3 Å². The summed E-state index contributed by atoms with van der Waals surface area (Å²) >= 11 is 1.40. The molecule has 0 aliphatic heterocycles. The lowest BCUT2D eigenvalue weighted by molar-refractivity contribution is 0.878. The van der Waals surface area contributed by atoms with Crippen molar-refractivity contribution >= 4 is 21.4 Å². The Labute approximate surface area is 90.8 Å². The fraction of sp³-hybridized carbons (Fsp3) is 0.444. The molecule has 1 N–H and O–H groups in total. The molecule has 0 saturated heterocycles. The molecule has 0 fully saturated rings. The van der Waals surface area contributed by atoms with Crippen LogP contribution in [0.3, 0.4) is 0 Å². The molecule has 0 amide bonds. The molecule has 80 valence electrons. The van der Waals surface area contributed by atoms with Crippen LogP contribution in [0.4, 0.5) is 5.13 Å². The SMILES string of the molecule is CCCNc1nn2c(C)cc(=O)nc2s1. The maximum atomic E-state index is 11.2. The van der Waals surface area contributed by atoms with Gasteiger partial charge in [-0.2, -0.15) is 4.98 Å². The number of anilines is 1. The zero-order chi connectivity index (χ0) is 10.8. The summed E-state index contributed by atoms with van der Waals surface area (Å²) in [5, 5.41) is 8.29. The number of aromatic nitrogens is 3. The van der Waals surface area contributed by atoms with Gasteiger partial charge in [-0.05, 0) is 13.3 Å². The van der Waals surface area contributed by atoms with E-state index in [9.17, 15) is 4.79 Å². The largest absolute Gasteiger partial charge is 0.360 e. The molecule has 2 rings (SSSR count). The minimum atomic E-state index is -0.210. The molecule has 0 radical (unpaired) electrons. The molecule has 0 unspecified atom stereocenters. The molecular weight excluding hydrogens is 212 g/mol. The lowest BCUT2D eigenvalue weighted by Gasteiger charge is -1.96. The monoisotopic (exact) mass is 224 g/mol. The highest BCUT2D eigenvalue weighted by Gasteiger charge is 2.05. The Kier molecular flexibility index (Phi) is 2.68. The average molecular weight is 224 g/mol. The van der Waals surface area contributed by atoms with E-state index in [2.05, 4.69) is 22.3 Å². The minimum absolute atomic E-state index is 0.210. The fourth-order valence-electron chi connectivity index (χ4n) is 1.25. The molecule has 2 heterocycles. The minimum Gasteiger partial charge on any atom is -0.360 e. The van der Waals surface area contributed by atoms with Crippen LogP contribution in [0.1, 0.15) is 19.0 Å². The number of aryl methyl sites for hydroxylation is 1. The van der Waals surface area contributed by atoms with Crippen LogP contribution in [0.25, 0.3) is 4.96 Å². The molecule has 6 heteroatoms. The third-order valence-electron chi connectivity index (χ3n) is 1.96. The number of fused-ring (bicyclic) bond motifs is 1. The molecule has 2 aromatic rings. The van der Waals surface area contributed by atoms with Gasteiger partial charge in [-0.15, -0.1) is 5.10 Å². The predicted molar refractivity (Wildman–Crippen MR) is 60.7 cm³/mol. The van der Waals surface area contributed by atoms with Crippen molar-refractivity contribution in [3.05, 3.63) is 22.1 Å². The predicted octanol–water partition coefficient (Wildman–Crippen LogP) is 1.28. The van der Waals surface area contributed by atoms with Gasteiger partial charge in [0.2, 0.25) is 10.1 Å². The number of nitrogens with one attached hydrogen (secondary N) is 1. The zero-order valence-corrected chi connectivity index (χ0v) is 9.47. The van der Waals surface area contributed by atoms with Gasteiger partial charge in [0.05, 0.1) is 0 Å². The average Bonchev–Trinajstić information content (AvgIpc) is 2.57. The summed E-state index contributed by atoms with van der Waals surface area (Å²) in [7, 11) is 0. The van der Waals surface area contributed by atoms with Crippen LogP contribution in [-0.4, -0.2) is 21.1 Å². The van der Waals surface area contributed by atoms with Crippen molar-refractivity contribution in [2.24, 2.45) is 0 Å². The molecule has 0 bridgehead atoms. The highest BCUT2D eigenvalue weighted by atomic mass is 32.1. The Morgan fingerprint density at radius 3 is 3.13 bits per heavy atom. The van der Waals surface area contributed by atoms with Gasteiger partial charge in [-0.1, -0.05) is 18.3 Å². The first-order valence-electron chi connectivity index (χ1n) is 4.82. The second kappa shape index (κ2) is 3.98. The Hall–Kier alpha value is -1.43. The van der Waals surface area contributed by atoms with E-state index in [1.165, 1.54) is 17.4 Å². The summed E-state index contributed by atoms with van der Waals surface area (Å²) in [6.07, 6.45) is 1.04. The Morgan fingerprint density at radius 2 is 2.40 bits per heavy atom. The molecule has 0 saturated carbocycles. The first-order chi connectivity index (χ1) is 7.20. The molecule has 0 aliphatic rings. The van der Waals surface area contributed by atoms with Gasteiger partial charge < -0.3 is 5.32 Å². The third-order valence-corrected chi connectivity index (χ3v) is 2.82. The number of hydrogen-bond acceptors (Lipinski definition) is 5. The van der Waals surface area contributed by atoms with Crippen molar-refractivity contribution < 1.29 is 0 Å². The van der Waals surface area contributed by atoms with E-state index in [0.29, 0.717) is 4.96 Å². The van der Waals surface area contributed by atoms with Crippen LogP contribution in [0, 0.1) is 6.92 Å². The van der Waals surface area contributed by atoms with Gasteiger partial charge in [0.15, 0.2) is 0 Å². The Morgan fingerprint density at radius 1 is 1.60 bits per heavy atom. The fourth-order valence-corrected chi connectivity index (χ4v) is 2.13.